The van der Waals surface area contributed by atoms with Crippen molar-refractivity contribution < 1.29 is 19.1 Å². The number of azide groups is 1. The minimum atomic E-state index is -0.923. The van der Waals surface area contributed by atoms with Crippen LogP contribution in [0.2, 0.25) is 0 Å². The van der Waals surface area contributed by atoms with E-state index in [-0.39, 0.29) is 13.2 Å². The Morgan fingerprint density at radius 2 is 2.09 bits per heavy atom. The smallest absolute Gasteiger partial charge is 0.408 e. The number of nitriles is 1. The molecule has 0 aliphatic rings. The second kappa shape index (κ2) is 8.84. The summed E-state index contributed by atoms with van der Waals surface area (Å²) in [5.74, 6) is -0.725. The molecule has 0 aliphatic heterocycles. The van der Waals surface area contributed by atoms with Crippen LogP contribution in [0.15, 0.2) is 29.4 Å². The summed E-state index contributed by atoms with van der Waals surface area (Å²) < 4.78 is 9.47. The van der Waals surface area contributed by atoms with Crippen LogP contribution in [0.25, 0.3) is 10.4 Å². The number of rotatable bonds is 6. The molecule has 0 spiro atoms. The number of benzene rings is 1. The molecular formula is C13H13N5O4. The second-order valence-corrected chi connectivity index (χ2v) is 4.06. The van der Waals surface area contributed by atoms with Crippen molar-refractivity contribution in [1.29, 1.82) is 5.26 Å². The van der Waals surface area contributed by atoms with E-state index in [2.05, 4.69) is 20.1 Å². The van der Waals surface area contributed by atoms with Crippen molar-refractivity contribution in [3.63, 3.8) is 0 Å². The first-order chi connectivity index (χ1) is 10.6. The summed E-state index contributed by atoms with van der Waals surface area (Å²) in [6.07, 6.45) is -0.791. The van der Waals surface area contributed by atoms with E-state index in [1.165, 1.54) is 6.92 Å². The van der Waals surface area contributed by atoms with Gasteiger partial charge in [0.1, 0.15) is 18.7 Å². The maximum atomic E-state index is 11.5. The molecule has 114 valence electrons. The van der Waals surface area contributed by atoms with Crippen LogP contribution in [0, 0.1) is 11.3 Å². The molecular weight excluding hydrogens is 290 g/mol. The highest BCUT2D eigenvalue weighted by Crippen LogP contribution is 2.13. The Morgan fingerprint density at radius 1 is 1.41 bits per heavy atom. The molecule has 9 nitrogen and oxygen atoms in total. The third kappa shape index (κ3) is 5.81. The average molecular weight is 303 g/mol. The first-order valence-electron chi connectivity index (χ1n) is 6.17. The van der Waals surface area contributed by atoms with Gasteiger partial charge in [-0.25, -0.2) is 9.59 Å². The zero-order valence-corrected chi connectivity index (χ0v) is 11.7. The van der Waals surface area contributed by atoms with Gasteiger partial charge in [-0.05, 0) is 18.0 Å². The van der Waals surface area contributed by atoms with Gasteiger partial charge in [-0.3, -0.25) is 0 Å². The van der Waals surface area contributed by atoms with Gasteiger partial charge in [0.15, 0.2) is 6.61 Å². The third-order valence-corrected chi connectivity index (χ3v) is 2.43. The lowest BCUT2D eigenvalue weighted by Crippen LogP contribution is -2.39. The van der Waals surface area contributed by atoms with Crippen LogP contribution in [-0.2, 0) is 20.9 Å². The number of ether oxygens (including phenoxy) is 2. The van der Waals surface area contributed by atoms with Gasteiger partial charge in [0, 0.05) is 10.6 Å². The fourth-order valence-electron chi connectivity index (χ4n) is 1.37. The predicted molar refractivity (Wildman–Crippen MR) is 74.6 cm³/mol. The lowest BCUT2D eigenvalue weighted by Gasteiger charge is -2.12. The Kier molecular flexibility index (Phi) is 6.75. The number of nitrogens with one attached hydrogen (secondary N) is 1. The largest absolute Gasteiger partial charge is 0.449 e. The summed E-state index contributed by atoms with van der Waals surface area (Å²) >= 11 is 0. The van der Waals surface area contributed by atoms with Crippen molar-refractivity contribution in [2.75, 3.05) is 6.61 Å². The fraction of sp³-hybridized carbons (Fsp3) is 0.308. The van der Waals surface area contributed by atoms with Gasteiger partial charge in [-0.1, -0.05) is 29.4 Å². The standard InChI is InChI=1S/C13H13N5O4/c1-9(12(19)21-7-6-14)16-13(20)22-8-10-2-4-11(5-3-10)17-18-15/h2-5,9H,7-8H2,1H3,(H,16,20)/t9-/m0/s1. The monoisotopic (exact) mass is 303 g/mol. The van der Waals surface area contributed by atoms with Crippen LogP contribution in [0.4, 0.5) is 10.5 Å². The molecule has 0 radical (unpaired) electrons. The van der Waals surface area contributed by atoms with E-state index in [9.17, 15) is 9.59 Å². The molecule has 1 N–H and O–H groups in total. The quantitative estimate of drug-likeness (QED) is 0.372. The molecule has 1 amide bonds. The Morgan fingerprint density at radius 3 is 2.68 bits per heavy atom. The lowest BCUT2D eigenvalue weighted by molar-refractivity contribution is -0.144. The minimum absolute atomic E-state index is 0.0116. The van der Waals surface area contributed by atoms with Gasteiger partial charge in [0.25, 0.3) is 0 Å². The number of nitrogens with zero attached hydrogens (tertiary/aromatic N) is 4. The van der Waals surface area contributed by atoms with Gasteiger partial charge in [-0.2, -0.15) is 5.26 Å². The lowest BCUT2D eigenvalue weighted by atomic mass is 10.2. The number of hydrogen-bond acceptors (Lipinski definition) is 6. The van der Waals surface area contributed by atoms with Gasteiger partial charge >= 0.3 is 12.1 Å². The number of alkyl carbamates (subject to hydrolysis) is 1. The van der Waals surface area contributed by atoms with Crippen LogP contribution in [0.5, 0.6) is 0 Å². The molecule has 0 aromatic heterocycles. The van der Waals surface area contributed by atoms with Crippen LogP contribution >= 0.6 is 0 Å². The second-order valence-electron chi connectivity index (χ2n) is 4.06. The fourth-order valence-corrected chi connectivity index (χ4v) is 1.37. The first kappa shape index (κ1) is 16.8. The van der Waals surface area contributed by atoms with E-state index in [1.54, 1.807) is 30.3 Å². The van der Waals surface area contributed by atoms with Gasteiger partial charge in [0.05, 0.1) is 0 Å². The molecule has 9 heteroatoms. The van der Waals surface area contributed by atoms with Crippen molar-refractivity contribution in [3.8, 4) is 6.07 Å². The van der Waals surface area contributed by atoms with Crippen molar-refractivity contribution in [1.82, 2.24) is 5.32 Å². The number of esters is 1. The van der Waals surface area contributed by atoms with E-state index >= 15 is 0 Å². The van der Waals surface area contributed by atoms with Crippen LogP contribution < -0.4 is 5.32 Å². The molecule has 1 rings (SSSR count). The normalized spacial score (nSPS) is 10.5. The van der Waals surface area contributed by atoms with Gasteiger partial charge < -0.3 is 14.8 Å². The number of carbonyl (C=O) groups excluding carboxylic acids is 2. The topological polar surface area (TPSA) is 137 Å². The zero-order valence-electron chi connectivity index (χ0n) is 11.7. The third-order valence-electron chi connectivity index (χ3n) is 2.43. The summed E-state index contributed by atoms with van der Waals surface area (Å²) in [7, 11) is 0. The molecule has 0 heterocycles. The van der Waals surface area contributed by atoms with Crippen molar-refractivity contribution >= 4 is 17.7 Å². The maximum absolute atomic E-state index is 11.5. The van der Waals surface area contributed by atoms with Crippen molar-refractivity contribution in [3.05, 3.63) is 40.3 Å². The molecule has 1 aromatic carbocycles. The van der Waals surface area contributed by atoms with Gasteiger partial charge in [0.2, 0.25) is 0 Å². The zero-order chi connectivity index (χ0) is 16.4. The van der Waals surface area contributed by atoms with Crippen LogP contribution in [-0.4, -0.2) is 24.7 Å². The highest BCUT2D eigenvalue weighted by atomic mass is 16.6. The van der Waals surface area contributed by atoms with Crippen LogP contribution in [0.3, 0.4) is 0 Å². The molecule has 1 atom stereocenters. The molecule has 0 saturated carbocycles. The highest BCUT2D eigenvalue weighted by Gasteiger charge is 2.17. The Labute approximate surface area is 126 Å². The maximum Gasteiger partial charge on any atom is 0.408 e. The molecule has 0 fully saturated rings. The van der Waals surface area contributed by atoms with Crippen molar-refractivity contribution in [2.24, 2.45) is 5.11 Å². The van der Waals surface area contributed by atoms with E-state index in [0.717, 1.165) is 0 Å². The molecule has 0 bridgehead atoms. The molecule has 0 aliphatic carbocycles. The number of hydrogen-bond donors (Lipinski definition) is 1. The van der Waals surface area contributed by atoms with Crippen LogP contribution in [0.1, 0.15) is 12.5 Å². The number of carbonyl (C=O) groups is 2. The Bertz CT molecular complexity index is 616. The molecule has 22 heavy (non-hydrogen) atoms. The first-order valence-corrected chi connectivity index (χ1v) is 6.17. The predicted octanol–water partition coefficient (Wildman–Crippen LogP) is 2.31. The summed E-state index contributed by atoms with van der Waals surface area (Å²) in [4.78, 5) is 25.5. The molecule has 1 aromatic rings. The minimum Gasteiger partial charge on any atom is -0.449 e. The molecule has 0 unspecified atom stereocenters. The number of amides is 1. The summed E-state index contributed by atoms with van der Waals surface area (Å²) in [6, 6.07) is 7.17. The van der Waals surface area contributed by atoms with E-state index in [0.29, 0.717) is 11.3 Å². The van der Waals surface area contributed by atoms with E-state index in [4.69, 9.17) is 15.5 Å². The summed E-state index contributed by atoms with van der Waals surface area (Å²) in [5.41, 5.74) is 9.41. The summed E-state index contributed by atoms with van der Waals surface area (Å²) in [5, 5.41) is 14.0. The van der Waals surface area contributed by atoms with Gasteiger partial charge in [-0.15, -0.1) is 0 Å². The Hall–Kier alpha value is -3.24. The summed E-state index contributed by atoms with van der Waals surface area (Å²) in [6.45, 7) is 1.02. The average Bonchev–Trinajstić information content (AvgIpc) is 2.52. The van der Waals surface area contributed by atoms with E-state index < -0.39 is 18.1 Å². The molecule has 0 saturated heterocycles. The van der Waals surface area contributed by atoms with E-state index in [1.807, 2.05) is 0 Å². The highest BCUT2D eigenvalue weighted by molar-refractivity contribution is 5.80. The van der Waals surface area contributed by atoms with Crippen molar-refractivity contribution in [2.45, 2.75) is 19.6 Å². The Balaban J connectivity index is 2.41. The SMILES string of the molecule is C[C@H](NC(=O)OCc1ccc(N=[N+]=[N-])cc1)C(=O)OCC#N.